The van der Waals surface area contributed by atoms with E-state index in [1.54, 1.807) is 7.11 Å². The van der Waals surface area contributed by atoms with E-state index in [9.17, 15) is 4.79 Å². The van der Waals surface area contributed by atoms with Gasteiger partial charge in [-0.2, -0.15) is 0 Å². The number of nitrogens with one attached hydrogen (secondary N) is 1. The quantitative estimate of drug-likeness (QED) is 0.742. The predicted molar refractivity (Wildman–Crippen MR) is 80.7 cm³/mol. The van der Waals surface area contributed by atoms with Gasteiger partial charge in [0.25, 0.3) is 0 Å². The van der Waals surface area contributed by atoms with Crippen LogP contribution in [0.1, 0.15) is 51.4 Å². The second-order valence-corrected chi connectivity index (χ2v) is 6.31. The van der Waals surface area contributed by atoms with E-state index >= 15 is 0 Å². The maximum Gasteiger partial charge on any atom is 0.222 e. The van der Waals surface area contributed by atoms with Crippen LogP contribution < -0.4 is 5.32 Å². The Labute approximate surface area is 123 Å². The highest BCUT2D eigenvalue weighted by Crippen LogP contribution is 2.28. The van der Waals surface area contributed by atoms with Gasteiger partial charge in [0.05, 0.1) is 6.61 Å². The minimum atomic E-state index is 0.322. The van der Waals surface area contributed by atoms with Crippen LogP contribution in [0.4, 0.5) is 0 Å². The Kier molecular flexibility index (Phi) is 6.80. The lowest BCUT2D eigenvalue weighted by Gasteiger charge is -2.26. The van der Waals surface area contributed by atoms with E-state index in [-0.39, 0.29) is 0 Å². The fourth-order valence-electron chi connectivity index (χ4n) is 3.48. The van der Waals surface area contributed by atoms with Gasteiger partial charge in [0.2, 0.25) is 5.91 Å². The lowest BCUT2D eigenvalue weighted by atomic mass is 10.0. The van der Waals surface area contributed by atoms with Crippen molar-refractivity contribution in [1.82, 2.24) is 10.2 Å². The monoisotopic (exact) mass is 282 g/mol. The molecule has 1 aliphatic heterocycles. The van der Waals surface area contributed by atoms with Crippen LogP contribution in [0.2, 0.25) is 0 Å². The van der Waals surface area contributed by atoms with Crippen molar-refractivity contribution in [3.63, 3.8) is 0 Å². The summed E-state index contributed by atoms with van der Waals surface area (Å²) in [5, 5.41) is 3.48. The van der Waals surface area contributed by atoms with Crippen molar-refractivity contribution in [2.24, 2.45) is 5.92 Å². The summed E-state index contributed by atoms with van der Waals surface area (Å²) in [7, 11) is 1.70. The Morgan fingerprint density at radius 2 is 2.05 bits per heavy atom. The maximum absolute atomic E-state index is 12.4. The standard InChI is InChI=1S/C16H30N2O2/c1-20-12-11-18(13-15-7-4-10-17-15)16(19)9-8-14-5-2-3-6-14/h14-15,17H,2-13H2,1H3. The average molecular weight is 282 g/mol. The molecular formula is C16H30N2O2. The first kappa shape index (κ1) is 15.8. The van der Waals surface area contributed by atoms with Crippen LogP contribution in [-0.2, 0) is 9.53 Å². The molecule has 1 saturated heterocycles. The lowest BCUT2D eigenvalue weighted by molar-refractivity contribution is -0.132. The number of hydrogen-bond acceptors (Lipinski definition) is 3. The number of carbonyl (C=O) groups excluding carboxylic acids is 1. The Morgan fingerprint density at radius 1 is 1.25 bits per heavy atom. The number of rotatable bonds is 8. The molecule has 1 amide bonds. The first-order valence-electron chi connectivity index (χ1n) is 8.29. The molecule has 116 valence electrons. The molecule has 1 atom stereocenters. The summed E-state index contributed by atoms with van der Waals surface area (Å²) in [6, 6.07) is 0.488. The van der Waals surface area contributed by atoms with Crippen molar-refractivity contribution >= 4 is 5.91 Å². The molecule has 1 unspecified atom stereocenters. The van der Waals surface area contributed by atoms with Crippen LogP contribution in [0.3, 0.4) is 0 Å². The minimum absolute atomic E-state index is 0.322. The molecule has 0 aromatic carbocycles. The van der Waals surface area contributed by atoms with Gasteiger partial charge in [-0.15, -0.1) is 0 Å². The van der Waals surface area contributed by atoms with Gasteiger partial charge in [0.1, 0.15) is 0 Å². The minimum Gasteiger partial charge on any atom is -0.383 e. The molecule has 0 aromatic heterocycles. The summed E-state index contributed by atoms with van der Waals surface area (Å²) in [5.41, 5.74) is 0. The average Bonchev–Trinajstić information content (AvgIpc) is 3.13. The number of amides is 1. The van der Waals surface area contributed by atoms with Crippen molar-refractivity contribution < 1.29 is 9.53 Å². The van der Waals surface area contributed by atoms with Crippen LogP contribution in [0.15, 0.2) is 0 Å². The van der Waals surface area contributed by atoms with Gasteiger partial charge >= 0.3 is 0 Å². The van der Waals surface area contributed by atoms with Gasteiger partial charge in [-0.05, 0) is 31.7 Å². The molecular weight excluding hydrogens is 252 g/mol. The number of hydrogen-bond donors (Lipinski definition) is 1. The third-order valence-corrected chi connectivity index (χ3v) is 4.76. The molecule has 0 aromatic rings. The largest absolute Gasteiger partial charge is 0.383 e. The molecule has 1 heterocycles. The Bertz CT molecular complexity index is 284. The Hall–Kier alpha value is -0.610. The highest BCUT2D eigenvalue weighted by Gasteiger charge is 2.22. The zero-order valence-electron chi connectivity index (χ0n) is 12.9. The molecule has 1 saturated carbocycles. The molecule has 0 radical (unpaired) electrons. The SMILES string of the molecule is COCCN(CC1CCCN1)C(=O)CCC1CCCC1. The number of methoxy groups -OCH3 is 1. The molecule has 2 rings (SSSR count). The fraction of sp³-hybridized carbons (Fsp3) is 0.938. The summed E-state index contributed by atoms with van der Waals surface area (Å²) in [5.74, 6) is 1.12. The maximum atomic E-state index is 12.4. The highest BCUT2D eigenvalue weighted by atomic mass is 16.5. The molecule has 4 nitrogen and oxygen atoms in total. The van der Waals surface area contributed by atoms with Crippen molar-refractivity contribution in [3.05, 3.63) is 0 Å². The Morgan fingerprint density at radius 3 is 2.70 bits per heavy atom. The lowest BCUT2D eigenvalue weighted by Crippen LogP contribution is -2.42. The van der Waals surface area contributed by atoms with E-state index in [1.807, 2.05) is 4.90 Å². The van der Waals surface area contributed by atoms with E-state index in [0.717, 1.165) is 38.4 Å². The van der Waals surface area contributed by atoms with E-state index in [4.69, 9.17) is 4.74 Å². The smallest absolute Gasteiger partial charge is 0.222 e. The molecule has 2 fully saturated rings. The van der Waals surface area contributed by atoms with E-state index in [0.29, 0.717) is 18.6 Å². The topological polar surface area (TPSA) is 41.6 Å². The van der Waals surface area contributed by atoms with Crippen molar-refractivity contribution in [1.29, 1.82) is 0 Å². The molecule has 4 heteroatoms. The summed E-state index contributed by atoms with van der Waals surface area (Å²) in [4.78, 5) is 14.5. The van der Waals surface area contributed by atoms with E-state index in [2.05, 4.69) is 5.32 Å². The first-order chi connectivity index (χ1) is 9.79. The number of ether oxygens (including phenoxy) is 1. The van der Waals surface area contributed by atoms with Gasteiger partial charge in [0, 0.05) is 32.7 Å². The van der Waals surface area contributed by atoms with Crippen molar-refractivity contribution in [3.8, 4) is 0 Å². The first-order valence-corrected chi connectivity index (χ1v) is 8.29. The Balaban J connectivity index is 1.75. The summed E-state index contributed by atoms with van der Waals surface area (Å²) in [6.07, 6.45) is 9.61. The second-order valence-electron chi connectivity index (χ2n) is 6.31. The van der Waals surface area contributed by atoms with Gasteiger partial charge < -0.3 is 15.0 Å². The highest BCUT2D eigenvalue weighted by molar-refractivity contribution is 5.76. The van der Waals surface area contributed by atoms with Gasteiger partial charge in [0.15, 0.2) is 0 Å². The van der Waals surface area contributed by atoms with Gasteiger partial charge in [-0.3, -0.25) is 4.79 Å². The van der Waals surface area contributed by atoms with Crippen LogP contribution in [0, 0.1) is 5.92 Å². The van der Waals surface area contributed by atoms with Gasteiger partial charge in [-0.25, -0.2) is 0 Å². The molecule has 2 aliphatic rings. The number of nitrogens with zero attached hydrogens (tertiary/aromatic N) is 1. The normalized spacial score (nSPS) is 23.4. The summed E-state index contributed by atoms with van der Waals surface area (Å²) < 4.78 is 5.15. The number of carbonyl (C=O) groups is 1. The zero-order valence-corrected chi connectivity index (χ0v) is 12.9. The molecule has 1 N–H and O–H groups in total. The second kappa shape index (κ2) is 8.63. The molecule has 20 heavy (non-hydrogen) atoms. The molecule has 1 aliphatic carbocycles. The van der Waals surface area contributed by atoms with Gasteiger partial charge in [-0.1, -0.05) is 25.7 Å². The summed E-state index contributed by atoms with van der Waals surface area (Å²) >= 11 is 0. The van der Waals surface area contributed by atoms with E-state index in [1.165, 1.54) is 38.5 Å². The predicted octanol–water partition coefficient (Wildman–Crippen LogP) is 2.18. The molecule has 0 bridgehead atoms. The van der Waals surface area contributed by atoms with Crippen LogP contribution in [0.25, 0.3) is 0 Å². The van der Waals surface area contributed by atoms with Crippen LogP contribution >= 0.6 is 0 Å². The van der Waals surface area contributed by atoms with Crippen LogP contribution in [-0.4, -0.2) is 50.2 Å². The molecule has 0 spiro atoms. The third-order valence-electron chi connectivity index (χ3n) is 4.76. The zero-order chi connectivity index (χ0) is 14.2. The van der Waals surface area contributed by atoms with Crippen LogP contribution in [0.5, 0.6) is 0 Å². The van der Waals surface area contributed by atoms with Crippen molar-refractivity contribution in [2.45, 2.75) is 57.4 Å². The third kappa shape index (κ3) is 5.06. The fourth-order valence-corrected chi connectivity index (χ4v) is 3.48. The summed E-state index contributed by atoms with van der Waals surface area (Å²) in [6.45, 7) is 3.33. The van der Waals surface area contributed by atoms with E-state index < -0.39 is 0 Å². The van der Waals surface area contributed by atoms with Crippen molar-refractivity contribution in [2.75, 3.05) is 33.4 Å².